The minimum atomic E-state index is -2.62. The van der Waals surface area contributed by atoms with Crippen molar-refractivity contribution in [2.45, 2.75) is 51.5 Å². The SMILES string of the molecule is CCCN(C1CCCCC1)[Si](OC)(OC)OC. The Balaban J connectivity index is 2.80. The molecule has 0 N–H and O–H groups in total. The van der Waals surface area contributed by atoms with Crippen molar-refractivity contribution < 1.29 is 13.3 Å². The van der Waals surface area contributed by atoms with Crippen LogP contribution in [0.4, 0.5) is 0 Å². The first-order valence-corrected chi connectivity index (χ1v) is 8.33. The third-order valence-electron chi connectivity index (χ3n) is 3.61. The van der Waals surface area contributed by atoms with Crippen molar-refractivity contribution in [3.63, 3.8) is 0 Å². The first-order chi connectivity index (χ1) is 8.24. The fourth-order valence-corrected chi connectivity index (χ4v) is 5.18. The van der Waals surface area contributed by atoms with Crippen LogP contribution in [-0.2, 0) is 13.3 Å². The van der Waals surface area contributed by atoms with Crippen molar-refractivity contribution >= 4 is 8.97 Å². The highest BCUT2D eigenvalue weighted by Gasteiger charge is 2.49. The summed E-state index contributed by atoms with van der Waals surface area (Å²) in [5.74, 6) is 0. The maximum Gasteiger partial charge on any atom is 0.599 e. The van der Waals surface area contributed by atoms with E-state index in [0.717, 1.165) is 13.0 Å². The first-order valence-electron chi connectivity index (χ1n) is 6.66. The summed E-state index contributed by atoms with van der Waals surface area (Å²) in [4.78, 5) is 0. The van der Waals surface area contributed by atoms with Crippen LogP contribution >= 0.6 is 0 Å². The van der Waals surface area contributed by atoms with Gasteiger partial charge in [-0.2, -0.15) is 0 Å². The number of hydrogen-bond donors (Lipinski definition) is 0. The maximum absolute atomic E-state index is 5.62. The van der Waals surface area contributed by atoms with Crippen LogP contribution in [0.3, 0.4) is 0 Å². The van der Waals surface area contributed by atoms with Crippen molar-refractivity contribution in [3.05, 3.63) is 0 Å². The minimum absolute atomic E-state index is 0.565. The normalized spacial score (nSPS) is 18.9. The number of nitrogens with zero attached hydrogens (tertiary/aromatic N) is 1. The van der Waals surface area contributed by atoms with Gasteiger partial charge in [0, 0.05) is 27.4 Å². The average Bonchev–Trinajstić information content (AvgIpc) is 2.41. The molecule has 1 aliphatic carbocycles. The third-order valence-corrected chi connectivity index (χ3v) is 6.45. The van der Waals surface area contributed by atoms with E-state index in [0.29, 0.717) is 6.04 Å². The Bertz CT molecular complexity index is 198. The molecule has 1 rings (SSSR count). The molecule has 17 heavy (non-hydrogen) atoms. The zero-order valence-corrected chi connectivity index (χ0v) is 12.7. The van der Waals surface area contributed by atoms with E-state index in [9.17, 15) is 0 Å². The highest BCUT2D eigenvalue weighted by molar-refractivity contribution is 6.57. The van der Waals surface area contributed by atoms with Crippen LogP contribution in [0.25, 0.3) is 0 Å². The largest absolute Gasteiger partial charge is 0.599 e. The summed E-state index contributed by atoms with van der Waals surface area (Å²) in [5, 5.41) is 0. The van der Waals surface area contributed by atoms with Crippen molar-refractivity contribution in [1.82, 2.24) is 4.57 Å². The number of hydrogen-bond acceptors (Lipinski definition) is 4. The molecule has 0 aromatic carbocycles. The molecular weight excluding hydrogens is 234 g/mol. The van der Waals surface area contributed by atoms with Crippen LogP contribution in [0.2, 0.25) is 0 Å². The van der Waals surface area contributed by atoms with Gasteiger partial charge in [0.15, 0.2) is 0 Å². The summed E-state index contributed by atoms with van der Waals surface area (Å²) < 4.78 is 19.2. The smallest absolute Gasteiger partial charge is 0.364 e. The predicted molar refractivity (Wildman–Crippen MR) is 70.7 cm³/mol. The van der Waals surface area contributed by atoms with Gasteiger partial charge in [0.1, 0.15) is 0 Å². The lowest BCUT2D eigenvalue weighted by molar-refractivity contribution is 0.0339. The minimum Gasteiger partial charge on any atom is -0.364 e. The Morgan fingerprint density at radius 1 is 1.00 bits per heavy atom. The highest BCUT2D eigenvalue weighted by atomic mass is 28.4. The molecule has 102 valence electrons. The lowest BCUT2D eigenvalue weighted by Crippen LogP contribution is -2.63. The van der Waals surface area contributed by atoms with Crippen LogP contribution < -0.4 is 0 Å². The molecule has 1 aliphatic rings. The van der Waals surface area contributed by atoms with Gasteiger partial charge in [-0.25, -0.2) is 0 Å². The molecule has 0 aliphatic heterocycles. The van der Waals surface area contributed by atoms with Crippen LogP contribution in [0, 0.1) is 0 Å². The Morgan fingerprint density at radius 3 is 1.94 bits per heavy atom. The Hall–Kier alpha value is 0.0569. The van der Waals surface area contributed by atoms with E-state index in [-0.39, 0.29) is 0 Å². The van der Waals surface area contributed by atoms with Crippen molar-refractivity contribution in [2.24, 2.45) is 0 Å². The summed E-state index contributed by atoms with van der Waals surface area (Å²) in [6.45, 7) is 3.18. The van der Waals surface area contributed by atoms with E-state index in [2.05, 4.69) is 11.5 Å². The van der Waals surface area contributed by atoms with Gasteiger partial charge in [-0.05, 0) is 25.8 Å². The molecule has 0 aromatic rings. The lowest BCUT2D eigenvalue weighted by Gasteiger charge is -2.41. The molecule has 0 saturated heterocycles. The van der Waals surface area contributed by atoms with Gasteiger partial charge in [-0.1, -0.05) is 26.2 Å². The second kappa shape index (κ2) is 7.48. The van der Waals surface area contributed by atoms with Gasteiger partial charge in [0.2, 0.25) is 0 Å². The lowest BCUT2D eigenvalue weighted by atomic mass is 9.95. The van der Waals surface area contributed by atoms with E-state index in [1.807, 2.05) is 0 Å². The van der Waals surface area contributed by atoms with Crippen LogP contribution in [0.5, 0.6) is 0 Å². The summed E-state index contributed by atoms with van der Waals surface area (Å²) in [6.07, 6.45) is 7.56. The summed E-state index contributed by atoms with van der Waals surface area (Å²) in [5.41, 5.74) is 0. The molecule has 0 unspecified atom stereocenters. The van der Waals surface area contributed by atoms with Crippen molar-refractivity contribution in [2.75, 3.05) is 27.9 Å². The summed E-state index contributed by atoms with van der Waals surface area (Å²) >= 11 is 0. The molecule has 5 heteroatoms. The maximum atomic E-state index is 5.62. The van der Waals surface area contributed by atoms with E-state index in [1.54, 1.807) is 21.3 Å². The Morgan fingerprint density at radius 2 is 1.53 bits per heavy atom. The van der Waals surface area contributed by atoms with Crippen molar-refractivity contribution in [3.8, 4) is 0 Å². The molecular formula is C12H27NO3Si. The van der Waals surface area contributed by atoms with E-state index in [1.165, 1.54) is 32.1 Å². The van der Waals surface area contributed by atoms with Gasteiger partial charge < -0.3 is 13.3 Å². The molecule has 0 radical (unpaired) electrons. The average molecular weight is 261 g/mol. The van der Waals surface area contributed by atoms with Crippen LogP contribution in [0.1, 0.15) is 45.4 Å². The molecule has 0 amide bonds. The zero-order valence-electron chi connectivity index (χ0n) is 11.7. The van der Waals surface area contributed by atoms with Gasteiger partial charge in [-0.3, -0.25) is 4.57 Å². The monoisotopic (exact) mass is 261 g/mol. The Kier molecular flexibility index (Phi) is 6.65. The molecule has 1 saturated carbocycles. The summed E-state index contributed by atoms with van der Waals surface area (Å²) in [6, 6.07) is 0.565. The van der Waals surface area contributed by atoms with E-state index in [4.69, 9.17) is 13.3 Å². The molecule has 0 aromatic heterocycles. The predicted octanol–water partition coefficient (Wildman–Crippen LogP) is 2.41. The molecule has 1 fully saturated rings. The van der Waals surface area contributed by atoms with Gasteiger partial charge in [0.25, 0.3) is 0 Å². The highest BCUT2D eigenvalue weighted by Crippen LogP contribution is 2.27. The second-order valence-electron chi connectivity index (χ2n) is 4.62. The molecule has 0 spiro atoms. The fourth-order valence-electron chi connectivity index (χ4n) is 2.78. The molecule has 4 nitrogen and oxygen atoms in total. The Labute approximate surface area is 107 Å². The molecule has 0 atom stereocenters. The number of rotatable bonds is 7. The second-order valence-corrected chi connectivity index (χ2v) is 7.47. The van der Waals surface area contributed by atoms with Crippen molar-refractivity contribution in [1.29, 1.82) is 0 Å². The van der Waals surface area contributed by atoms with Gasteiger partial charge >= 0.3 is 8.97 Å². The van der Waals surface area contributed by atoms with Crippen LogP contribution in [0.15, 0.2) is 0 Å². The molecule has 0 bridgehead atoms. The zero-order chi connectivity index (χ0) is 12.7. The standard InChI is InChI=1S/C12H27NO3Si/c1-5-11-13(12-9-7-6-8-10-12)17(14-2,15-3)16-4/h12H,5-11H2,1-4H3. The topological polar surface area (TPSA) is 30.9 Å². The fraction of sp³-hybridized carbons (Fsp3) is 1.00. The third kappa shape index (κ3) is 3.51. The van der Waals surface area contributed by atoms with Gasteiger partial charge in [0.05, 0.1) is 0 Å². The quantitative estimate of drug-likeness (QED) is 0.659. The first kappa shape index (κ1) is 15.1. The summed E-state index contributed by atoms with van der Waals surface area (Å²) in [7, 11) is 2.48. The van der Waals surface area contributed by atoms with Crippen LogP contribution in [-0.4, -0.2) is 47.4 Å². The van der Waals surface area contributed by atoms with E-state index >= 15 is 0 Å². The van der Waals surface area contributed by atoms with E-state index < -0.39 is 8.97 Å². The molecule has 0 heterocycles. The van der Waals surface area contributed by atoms with Gasteiger partial charge in [-0.15, -0.1) is 0 Å².